The van der Waals surface area contributed by atoms with E-state index < -0.39 is 23.5 Å². The van der Waals surface area contributed by atoms with Gasteiger partial charge < -0.3 is 20.1 Å². The summed E-state index contributed by atoms with van der Waals surface area (Å²) in [6, 6.07) is 12.4. The number of hydrogen-bond acceptors (Lipinski definition) is 4. The van der Waals surface area contributed by atoms with Crippen LogP contribution in [0.4, 0.5) is 0 Å². The number of piperidine rings is 1. The molecule has 0 radical (unpaired) electrons. The van der Waals surface area contributed by atoms with Crippen LogP contribution in [0, 0.1) is 0 Å². The molecule has 3 N–H and O–H groups in total. The number of ether oxygens (including phenoxy) is 1. The van der Waals surface area contributed by atoms with Gasteiger partial charge in [-0.25, -0.2) is 9.59 Å². The molecule has 8 heteroatoms. The minimum Gasteiger partial charge on any atom is -0.478 e. The molecule has 2 heterocycles. The lowest BCUT2D eigenvalue weighted by Gasteiger charge is -2.48. The number of fused-ring (bicyclic) bond motifs is 5. The normalized spacial score (nSPS) is 27.7. The summed E-state index contributed by atoms with van der Waals surface area (Å²) in [6.07, 6.45) is 0.931. The van der Waals surface area contributed by atoms with Gasteiger partial charge in [0.25, 0.3) is 0 Å². The minimum atomic E-state index is -1.35. The molecule has 4 rings (SSSR count). The zero-order valence-electron chi connectivity index (χ0n) is 16.2. The predicted octanol–water partition coefficient (Wildman–Crippen LogP) is 3.32. The maximum Gasteiger partial charge on any atom is 0.390 e. The van der Waals surface area contributed by atoms with E-state index in [1.165, 1.54) is 0 Å². The van der Waals surface area contributed by atoms with E-state index in [9.17, 15) is 24.9 Å². The number of quaternary nitrogens is 1. The van der Waals surface area contributed by atoms with E-state index in [-0.39, 0.29) is 29.7 Å². The monoisotopic (exact) mass is 430 g/mol. The van der Waals surface area contributed by atoms with Gasteiger partial charge in [0.15, 0.2) is 5.75 Å². The molecule has 0 bridgehead atoms. The Bertz CT molecular complexity index is 1080. The number of halogens is 1. The maximum absolute atomic E-state index is 11.9. The van der Waals surface area contributed by atoms with Crippen molar-refractivity contribution >= 4 is 23.5 Å². The summed E-state index contributed by atoms with van der Waals surface area (Å²) in [4.78, 5) is 23.1. The molecule has 1 saturated heterocycles. The third-order valence-corrected chi connectivity index (χ3v) is 6.45. The second-order valence-electron chi connectivity index (χ2n) is 7.96. The molecule has 30 heavy (non-hydrogen) atoms. The Labute approximate surface area is 178 Å². The van der Waals surface area contributed by atoms with Gasteiger partial charge in [0.2, 0.25) is 5.70 Å². The fourth-order valence-electron chi connectivity index (χ4n) is 4.62. The molecule has 2 aliphatic rings. The quantitative estimate of drug-likeness (QED) is 0.509. The van der Waals surface area contributed by atoms with Gasteiger partial charge >= 0.3 is 11.9 Å². The van der Waals surface area contributed by atoms with Gasteiger partial charge in [-0.15, -0.1) is 0 Å². The third kappa shape index (κ3) is 3.15. The average molecular weight is 431 g/mol. The lowest BCUT2D eigenvalue weighted by atomic mass is 9.72. The van der Waals surface area contributed by atoms with Gasteiger partial charge in [-0.3, -0.25) is 4.48 Å². The molecule has 1 fully saturated rings. The van der Waals surface area contributed by atoms with Crippen LogP contribution in [-0.2, 0) is 15.2 Å². The molecule has 0 aliphatic carbocycles. The number of carboxylic acids is 2. The van der Waals surface area contributed by atoms with Gasteiger partial charge in [-0.05, 0) is 12.1 Å². The number of aliphatic carboxylic acids is 2. The molecule has 7 nitrogen and oxygen atoms in total. The lowest BCUT2D eigenvalue weighted by molar-refractivity contribution is -0.878. The summed E-state index contributed by atoms with van der Waals surface area (Å²) in [5, 5.41) is 31.2. The van der Waals surface area contributed by atoms with E-state index in [1.807, 2.05) is 18.2 Å². The summed E-state index contributed by atoms with van der Waals surface area (Å²) < 4.78 is 5.97. The van der Waals surface area contributed by atoms with Crippen LogP contribution in [0.5, 0.6) is 11.5 Å². The minimum absolute atomic E-state index is 0.140. The Kier molecular flexibility index (Phi) is 4.85. The van der Waals surface area contributed by atoms with Gasteiger partial charge in [0.05, 0.1) is 37.2 Å². The Morgan fingerprint density at radius 3 is 2.63 bits per heavy atom. The van der Waals surface area contributed by atoms with E-state index in [4.69, 9.17) is 16.3 Å². The van der Waals surface area contributed by atoms with Crippen LogP contribution in [0.15, 0.2) is 54.2 Å². The van der Waals surface area contributed by atoms with Crippen molar-refractivity contribution in [2.45, 2.75) is 17.9 Å². The molecule has 3 atom stereocenters. The molecule has 2 aliphatic heterocycles. The van der Waals surface area contributed by atoms with Crippen LogP contribution in [0.3, 0.4) is 0 Å². The van der Waals surface area contributed by atoms with Crippen molar-refractivity contribution in [3.8, 4) is 11.5 Å². The van der Waals surface area contributed by atoms with Crippen molar-refractivity contribution in [1.29, 1.82) is 0 Å². The van der Waals surface area contributed by atoms with Crippen molar-refractivity contribution < 1.29 is 34.1 Å². The number of nitrogens with zero attached hydrogens (tertiary/aromatic N) is 1. The van der Waals surface area contributed by atoms with E-state index in [2.05, 4.69) is 0 Å². The number of carboxylic acid groups (broad SMARTS) is 2. The largest absolute Gasteiger partial charge is 0.478 e. The first-order chi connectivity index (χ1) is 14.2. The smallest absolute Gasteiger partial charge is 0.390 e. The van der Waals surface area contributed by atoms with E-state index >= 15 is 0 Å². The first-order valence-corrected chi connectivity index (χ1v) is 9.85. The molecule has 2 aromatic rings. The van der Waals surface area contributed by atoms with Crippen LogP contribution < -0.4 is 4.74 Å². The van der Waals surface area contributed by atoms with Crippen molar-refractivity contribution in [2.75, 3.05) is 20.1 Å². The van der Waals surface area contributed by atoms with Crippen molar-refractivity contribution in [1.82, 2.24) is 0 Å². The van der Waals surface area contributed by atoms with E-state index in [1.54, 1.807) is 31.3 Å². The Balaban J connectivity index is 1.91. The Morgan fingerprint density at radius 2 is 1.93 bits per heavy atom. The van der Waals surface area contributed by atoms with Crippen molar-refractivity contribution in [3.05, 3.63) is 70.4 Å². The van der Waals surface area contributed by atoms with Crippen molar-refractivity contribution in [3.63, 3.8) is 0 Å². The highest BCUT2D eigenvalue weighted by molar-refractivity contribution is 6.32. The summed E-state index contributed by atoms with van der Waals surface area (Å²) in [6.45, 7) is 0.404. The van der Waals surface area contributed by atoms with E-state index in [0.29, 0.717) is 22.1 Å². The molecular weight excluding hydrogens is 410 g/mol. The number of aliphatic hydroxyl groups is 1. The molecule has 0 spiro atoms. The molecule has 0 amide bonds. The fraction of sp³-hybridized carbons (Fsp3) is 0.273. The topological polar surface area (TPSA) is 104 Å². The highest BCUT2D eigenvalue weighted by Gasteiger charge is 2.54. The van der Waals surface area contributed by atoms with Crippen LogP contribution in [0.1, 0.15) is 23.5 Å². The highest BCUT2D eigenvalue weighted by Crippen LogP contribution is 2.55. The van der Waals surface area contributed by atoms with Crippen LogP contribution in [0.25, 0.3) is 0 Å². The summed E-state index contributed by atoms with van der Waals surface area (Å²) in [5.74, 6) is -2.25. The second kappa shape index (κ2) is 7.12. The zero-order valence-corrected chi connectivity index (χ0v) is 17.0. The third-order valence-electron chi connectivity index (χ3n) is 6.15. The van der Waals surface area contributed by atoms with Crippen LogP contribution in [-0.4, -0.2) is 51.9 Å². The van der Waals surface area contributed by atoms with E-state index in [0.717, 1.165) is 11.6 Å². The number of hydrogen-bond donors (Lipinski definition) is 3. The highest BCUT2D eigenvalue weighted by atomic mass is 35.5. The summed E-state index contributed by atoms with van der Waals surface area (Å²) >= 11 is 6.39. The lowest BCUT2D eigenvalue weighted by Crippen LogP contribution is -2.58. The van der Waals surface area contributed by atoms with Gasteiger partial charge in [-0.1, -0.05) is 41.9 Å². The predicted molar refractivity (Wildman–Crippen MR) is 108 cm³/mol. The number of rotatable bonds is 3. The first kappa shape index (κ1) is 20.4. The zero-order chi connectivity index (χ0) is 21.7. The molecule has 156 valence electrons. The molecule has 0 aromatic heterocycles. The van der Waals surface area contributed by atoms with Crippen molar-refractivity contribution in [2.24, 2.45) is 0 Å². The van der Waals surface area contributed by atoms with Gasteiger partial charge in [-0.2, -0.15) is 0 Å². The summed E-state index contributed by atoms with van der Waals surface area (Å²) in [5.41, 5.74) is -0.325. The molecule has 2 aromatic carbocycles. The number of likely N-dealkylation sites (N-methyl/N-ethyl adjacent to an activating group) is 1. The Hall–Kier alpha value is -2.87. The summed E-state index contributed by atoms with van der Waals surface area (Å²) in [7, 11) is 1.68. The average Bonchev–Trinajstić information content (AvgIpc) is 2.80. The van der Waals surface area contributed by atoms with Gasteiger partial charge in [0, 0.05) is 17.5 Å². The maximum atomic E-state index is 11.9. The first-order valence-electron chi connectivity index (χ1n) is 9.47. The molecular formula is C22H21ClNO6+. The second-order valence-corrected chi connectivity index (χ2v) is 8.37. The molecule has 0 saturated carbocycles. The van der Waals surface area contributed by atoms with Crippen LogP contribution in [0.2, 0.25) is 5.02 Å². The standard InChI is InChI=1S/C22H20ClNO6/c1-24(17(21(27)28)11-19(25)26)10-9-22(29)14-6-4-7-16(23)20(14)30-18-8-3-2-5-13(18)15(22)12-24/h2-8,11,15,29H,9-10,12H2,1H3,(H-,25,26,27,28)/p+1/b17-11-/t15-,22-,24-/m1/s1. The SMILES string of the molecule is C[N@@+]1(/C(=C\C(=O)O)C(=O)O)CC[C@@]2(O)c3cccc(Cl)c3Oc3ccccc3[C@H]2C1. The Morgan fingerprint density at radius 1 is 1.20 bits per heavy atom. The molecule has 0 unspecified atom stereocenters. The fourth-order valence-corrected chi connectivity index (χ4v) is 4.84. The number of para-hydroxylation sites is 2. The number of benzene rings is 2. The number of carbonyl (C=O) groups is 2. The van der Waals surface area contributed by atoms with Gasteiger partial charge in [0.1, 0.15) is 11.4 Å². The number of likely N-dealkylation sites (tertiary alicyclic amines) is 1. The van der Waals surface area contributed by atoms with Crippen LogP contribution >= 0.6 is 11.6 Å².